The molecule has 1 heterocycles. The molecule has 1 aromatic heterocycles. The maximum absolute atomic E-state index is 12.8. The number of carbonyl (C=O) groups excluding carboxylic acids is 3. The minimum atomic E-state index is -0.642. The predicted octanol–water partition coefficient (Wildman–Crippen LogP) is 4.20. The summed E-state index contributed by atoms with van der Waals surface area (Å²) in [6.07, 6.45) is 2.27. The average Bonchev–Trinajstić information content (AvgIpc) is 3.07. The molecule has 1 aromatic carbocycles. The van der Waals surface area contributed by atoms with Gasteiger partial charge in [-0.2, -0.15) is 0 Å². The van der Waals surface area contributed by atoms with Gasteiger partial charge in [-0.05, 0) is 44.0 Å². The summed E-state index contributed by atoms with van der Waals surface area (Å²) in [5.74, 6) is -1.26. The van der Waals surface area contributed by atoms with E-state index in [1.54, 1.807) is 26.0 Å². The van der Waals surface area contributed by atoms with Crippen LogP contribution < -0.4 is 15.8 Å². The van der Waals surface area contributed by atoms with Crippen molar-refractivity contribution in [2.45, 2.75) is 27.2 Å². The van der Waals surface area contributed by atoms with Crippen molar-refractivity contribution in [1.82, 2.24) is 0 Å². The molecule has 8 nitrogen and oxygen atoms in total. The van der Waals surface area contributed by atoms with Gasteiger partial charge in [0.25, 0.3) is 5.91 Å². The van der Waals surface area contributed by atoms with Gasteiger partial charge in [0.1, 0.15) is 22.2 Å². The molecule has 1 amide bonds. The van der Waals surface area contributed by atoms with Gasteiger partial charge in [-0.1, -0.05) is 19.6 Å². The van der Waals surface area contributed by atoms with Gasteiger partial charge in [0.2, 0.25) is 0 Å². The number of nitrogens with two attached hydrogens (primary N) is 1. The van der Waals surface area contributed by atoms with Crippen LogP contribution in [-0.4, -0.2) is 37.7 Å². The first-order valence-corrected chi connectivity index (χ1v) is 10.6. The summed E-state index contributed by atoms with van der Waals surface area (Å²) in [5, 5.41) is 2.87. The van der Waals surface area contributed by atoms with Gasteiger partial charge in [0.15, 0.2) is 0 Å². The first kappa shape index (κ1) is 23.9. The number of nitrogens with one attached hydrogen (secondary N) is 1. The summed E-state index contributed by atoms with van der Waals surface area (Å²) in [6, 6.07) is 4.68. The van der Waals surface area contributed by atoms with Crippen LogP contribution in [0, 0.1) is 6.92 Å². The summed E-state index contributed by atoms with van der Waals surface area (Å²) in [7, 11) is 0. The smallest absolute Gasteiger partial charge is 0.348 e. The number of esters is 2. The molecule has 0 aliphatic heterocycles. The van der Waals surface area contributed by atoms with Crippen molar-refractivity contribution in [3.8, 4) is 5.75 Å². The number of rotatable bonds is 10. The maximum atomic E-state index is 12.8. The zero-order valence-corrected chi connectivity index (χ0v) is 18.6. The molecule has 3 N–H and O–H groups in total. The number of nitrogen functional groups attached to an aromatic ring is 1. The van der Waals surface area contributed by atoms with E-state index in [1.165, 1.54) is 12.1 Å². The van der Waals surface area contributed by atoms with Crippen molar-refractivity contribution < 1.29 is 28.6 Å². The molecule has 166 valence electrons. The first-order chi connectivity index (χ1) is 14.8. The van der Waals surface area contributed by atoms with Gasteiger partial charge in [-0.25, -0.2) is 9.59 Å². The highest BCUT2D eigenvalue weighted by molar-refractivity contribution is 7.18. The molecule has 31 heavy (non-hydrogen) atoms. The number of hydrogen-bond acceptors (Lipinski definition) is 8. The molecule has 0 fully saturated rings. The van der Waals surface area contributed by atoms with Crippen LogP contribution >= 0.6 is 11.3 Å². The minimum absolute atomic E-state index is 0.0261. The molecule has 0 unspecified atom stereocenters. The van der Waals surface area contributed by atoms with E-state index in [0.29, 0.717) is 23.6 Å². The highest BCUT2D eigenvalue weighted by Crippen LogP contribution is 2.35. The molecule has 0 aliphatic rings. The van der Waals surface area contributed by atoms with Crippen LogP contribution in [-0.2, 0) is 9.47 Å². The van der Waals surface area contributed by atoms with Gasteiger partial charge < -0.3 is 25.3 Å². The molecule has 9 heteroatoms. The normalized spacial score (nSPS) is 10.3. The van der Waals surface area contributed by atoms with Crippen LogP contribution in [0.25, 0.3) is 0 Å². The number of anilines is 2. The number of carbonyl (C=O) groups is 3. The Morgan fingerprint density at radius 2 is 1.94 bits per heavy atom. The van der Waals surface area contributed by atoms with Crippen LogP contribution in [0.15, 0.2) is 30.9 Å². The van der Waals surface area contributed by atoms with Gasteiger partial charge in [-0.3, -0.25) is 4.79 Å². The van der Waals surface area contributed by atoms with Crippen molar-refractivity contribution in [2.24, 2.45) is 0 Å². The molecule has 0 atom stereocenters. The lowest BCUT2D eigenvalue weighted by Gasteiger charge is -2.10. The Labute approximate surface area is 185 Å². The SMILES string of the molecule is C=CCOC(=O)c1sc(NC(=O)c2ccc(OCCC)c(N)c2)c(C(=O)OCC)c1C. The summed E-state index contributed by atoms with van der Waals surface area (Å²) in [6.45, 7) is 9.43. The van der Waals surface area contributed by atoms with Crippen molar-refractivity contribution in [2.75, 3.05) is 30.9 Å². The van der Waals surface area contributed by atoms with Crippen LogP contribution in [0.3, 0.4) is 0 Å². The van der Waals surface area contributed by atoms with E-state index in [-0.39, 0.29) is 34.2 Å². The van der Waals surface area contributed by atoms with Crippen molar-refractivity contribution in [1.29, 1.82) is 0 Å². The lowest BCUT2D eigenvalue weighted by molar-refractivity contribution is 0.0527. The molecule has 0 radical (unpaired) electrons. The van der Waals surface area contributed by atoms with Crippen LogP contribution in [0.5, 0.6) is 5.75 Å². The topological polar surface area (TPSA) is 117 Å². The molecule has 0 saturated carbocycles. The molecular formula is C22H26N2O6S. The number of amides is 1. The molecule has 0 saturated heterocycles. The van der Waals surface area contributed by atoms with E-state index in [4.69, 9.17) is 19.9 Å². The van der Waals surface area contributed by atoms with E-state index in [0.717, 1.165) is 17.8 Å². The number of hydrogen-bond donors (Lipinski definition) is 2. The fourth-order valence-electron chi connectivity index (χ4n) is 2.65. The van der Waals surface area contributed by atoms with E-state index in [1.807, 2.05) is 6.92 Å². The predicted molar refractivity (Wildman–Crippen MR) is 120 cm³/mol. The zero-order chi connectivity index (χ0) is 23.0. The average molecular weight is 447 g/mol. The third-order valence-electron chi connectivity index (χ3n) is 4.10. The van der Waals surface area contributed by atoms with Gasteiger partial charge in [0, 0.05) is 5.56 Å². The highest BCUT2D eigenvalue weighted by atomic mass is 32.1. The van der Waals surface area contributed by atoms with Crippen LogP contribution in [0.4, 0.5) is 10.7 Å². The van der Waals surface area contributed by atoms with Gasteiger partial charge in [-0.15, -0.1) is 11.3 Å². The molecule has 0 spiro atoms. The van der Waals surface area contributed by atoms with E-state index in [2.05, 4.69) is 11.9 Å². The first-order valence-electron chi connectivity index (χ1n) is 9.76. The van der Waals surface area contributed by atoms with Crippen molar-refractivity contribution >= 4 is 39.9 Å². The van der Waals surface area contributed by atoms with Gasteiger partial charge >= 0.3 is 11.9 Å². The third kappa shape index (κ3) is 5.85. The molecule has 2 aromatic rings. The molecular weight excluding hydrogens is 420 g/mol. The Hall–Kier alpha value is -3.33. The third-order valence-corrected chi connectivity index (χ3v) is 5.29. The molecule has 0 aliphatic carbocycles. The lowest BCUT2D eigenvalue weighted by Crippen LogP contribution is -2.15. The van der Waals surface area contributed by atoms with Crippen molar-refractivity contribution in [3.63, 3.8) is 0 Å². The van der Waals surface area contributed by atoms with Crippen LogP contribution in [0.2, 0.25) is 0 Å². The fraction of sp³-hybridized carbons (Fsp3) is 0.318. The summed E-state index contributed by atoms with van der Waals surface area (Å²) >= 11 is 0.943. The monoisotopic (exact) mass is 446 g/mol. The standard InChI is InChI=1S/C22H26N2O6S/c1-5-10-29-16-9-8-14(12-15(16)23)19(25)24-20-17(21(26)28-7-3)13(4)18(31-20)22(27)30-11-6-2/h6,8-9,12H,2,5,7,10-11,23H2,1,3-4H3,(H,24,25). The Morgan fingerprint density at radius 3 is 2.55 bits per heavy atom. The van der Waals surface area contributed by atoms with E-state index >= 15 is 0 Å². The molecule has 0 bridgehead atoms. The Morgan fingerprint density at radius 1 is 1.19 bits per heavy atom. The Kier molecular flexibility index (Phi) is 8.63. The maximum Gasteiger partial charge on any atom is 0.348 e. The molecule has 2 rings (SSSR count). The van der Waals surface area contributed by atoms with E-state index in [9.17, 15) is 14.4 Å². The Bertz CT molecular complexity index is 983. The van der Waals surface area contributed by atoms with Crippen molar-refractivity contribution in [3.05, 3.63) is 52.4 Å². The lowest BCUT2D eigenvalue weighted by atomic mass is 10.1. The second kappa shape index (κ2) is 11.2. The highest BCUT2D eigenvalue weighted by Gasteiger charge is 2.27. The van der Waals surface area contributed by atoms with Crippen LogP contribution in [0.1, 0.15) is 56.2 Å². The summed E-state index contributed by atoms with van der Waals surface area (Å²) in [5.41, 5.74) is 7.06. The minimum Gasteiger partial charge on any atom is -0.491 e. The summed E-state index contributed by atoms with van der Waals surface area (Å²) in [4.78, 5) is 37.8. The number of ether oxygens (including phenoxy) is 3. The quantitative estimate of drug-likeness (QED) is 0.319. The second-order valence-corrected chi connectivity index (χ2v) is 7.44. The number of thiophene rings is 1. The second-order valence-electron chi connectivity index (χ2n) is 6.42. The zero-order valence-electron chi connectivity index (χ0n) is 17.8. The van der Waals surface area contributed by atoms with E-state index < -0.39 is 17.8 Å². The Balaban J connectivity index is 2.34. The summed E-state index contributed by atoms with van der Waals surface area (Å²) < 4.78 is 15.7. The largest absolute Gasteiger partial charge is 0.491 e. The fourth-order valence-corrected chi connectivity index (χ4v) is 3.74. The van der Waals surface area contributed by atoms with Gasteiger partial charge in [0.05, 0.1) is 24.5 Å². The number of benzene rings is 1.